The first-order valence-corrected chi connectivity index (χ1v) is 9.01. The van der Waals surface area contributed by atoms with Crippen LogP contribution in [0, 0.1) is 5.82 Å². The molecule has 2 heterocycles. The van der Waals surface area contributed by atoms with Crippen LogP contribution in [0.2, 0.25) is 0 Å². The van der Waals surface area contributed by atoms with Crippen LogP contribution in [0.5, 0.6) is 0 Å². The minimum atomic E-state index is -0.471. The van der Waals surface area contributed by atoms with E-state index in [0.717, 1.165) is 15.6 Å². The van der Waals surface area contributed by atoms with Gasteiger partial charge in [0.25, 0.3) is 5.91 Å². The van der Waals surface area contributed by atoms with Crippen molar-refractivity contribution in [2.24, 2.45) is 7.05 Å². The number of imidazole rings is 1. The third-order valence-electron chi connectivity index (χ3n) is 4.32. The summed E-state index contributed by atoms with van der Waals surface area (Å²) in [5.74, 6) is 0.187. The van der Waals surface area contributed by atoms with Crippen LogP contribution in [0.4, 0.5) is 4.39 Å². The maximum atomic E-state index is 13.3. The highest BCUT2D eigenvalue weighted by Gasteiger charge is 2.22. The molecular formula is C20H16FN3OS. The van der Waals surface area contributed by atoms with E-state index in [4.69, 9.17) is 0 Å². The number of benzene rings is 2. The molecule has 4 aromatic rings. The Kier molecular flexibility index (Phi) is 4.26. The van der Waals surface area contributed by atoms with Gasteiger partial charge in [-0.15, -0.1) is 11.3 Å². The number of halogens is 1. The molecule has 0 aliphatic carbocycles. The Morgan fingerprint density at radius 3 is 2.69 bits per heavy atom. The van der Waals surface area contributed by atoms with Crippen LogP contribution in [0.15, 0.2) is 66.3 Å². The first kappa shape index (κ1) is 16.5. The minimum absolute atomic E-state index is 0.181. The van der Waals surface area contributed by atoms with Gasteiger partial charge in [0.2, 0.25) is 0 Å². The average molecular weight is 365 g/mol. The number of hydrogen-bond donors (Lipinski definition) is 1. The second kappa shape index (κ2) is 6.72. The van der Waals surface area contributed by atoms with Gasteiger partial charge in [-0.2, -0.15) is 0 Å². The number of hydrogen-bond acceptors (Lipinski definition) is 3. The predicted molar refractivity (Wildman–Crippen MR) is 101 cm³/mol. The summed E-state index contributed by atoms with van der Waals surface area (Å²) < 4.78 is 16.2. The lowest BCUT2D eigenvalue weighted by Crippen LogP contribution is -2.31. The van der Waals surface area contributed by atoms with Gasteiger partial charge in [-0.25, -0.2) is 9.37 Å². The number of aromatic nitrogens is 2. The molecule has 2 aromatic heterocycles. The molecule has 0 fully saturated rings. The van der Waals surface area contributed by atoms with Crippen LogP contribution in [0.3, 0.4) is 0 Å². The molecule has 0 aliphatic rings. The number of rotatable bonds is 4. The van der Waals surface area contributed by atoms with Gasteiger partial charge >= 0.3 is 0 Å². The van der Waals surface area contributed by atoms with Crippen LogP contribution in [-0.4, -0.2) is 15.5 Å². The summed E-state index contributed by atoms with van der Waals surface area (Å²) in [7, 11) is 1.87. The minimum Gasteiger partial charge on any atom is -0.338 e. The quantitative estimate of drug-likeness (QED) is 0.586. The molecule has 1 amide bonds. The van der Waals surface area contributed by atoms with E-state index in [0.29, 0.717) is 11.4 Å². The highest BCUT2D eigenvalue weighted by atomic mass is 32.1. The lowest BCUT2D eigenvalue weighted by atomic mass is 10.0. The fourth-order valence-electron chi connectivity index (χ4n) is 2.97. The SMILES string of the molecule is Cn1ccnc1C(NC(=O)c1csc2ccccc12)c1ccc(F)cc1. The third kappa shape index (κ3) is 2.99. The van der Waals surface area contributed by atoms with E-state index in [2.05, 4.69) is 10.3 Å². The fourth-order valence-corrected chi connectivity index (χ4v) is 3.91. The molecule has 0 saturated carbocycles. The summed E-state index contributed by atoms with van der Waals surface area (Å²) in [4.78, 5) is 17.3. The highest BCUT2D eigenvalue weighted by molar-refractivity contribution is 7.17. The zero-order chi connectivity index (χ0) is 18.1. The van der Waals surface area contributed by atoms with E-state index < -0.39 is 6.04 Å². The molecule has 1 atom stereocenters. The van der Waals surface area contributed by atoms with E-state index in [1.54, 1.807) is 18.3 Å². The van der Waals surface area contributed by atoms with Crippen molar-refractivity contribution in [3.05, 3.63) is 89.1 Å². The zero-order valence-corrected chi connectivity index (χ0v) is 14.8. The van der Waals surface area contributed by atoms with Crippen LogP contribution >= 0.6 is 11.3 Å². The molecule has 4 nitrogen and oxygen atoms in total. The van der Waals surface area contributed by atoms with Gasteiger partial charge in [0, 0.05) is 34.9 Å². The van der Waals surface area contributed by atoms with Crippen LogP contribution in [0.1, 0.15) is 27.8 Å². The van der Waals surface area contributed by atoms with Gasteiger partial charge in [-0.1, -0.05) is 30.3 Å². The molecule has 1 unspecified atom stereocenters. The Morgan fingerprint density at radius 1 is 1.19 bits per heavy atom. The van der Waals surface area contributed by atoms with Gasteiger partial charge in [-0.3, -0.25) is 4.79 Å². The zero-order valence-electron chi connectivity index (χ0n) is 14.0. The highest BCUT2D eigenvalue weighted by Crippen LogP contribution is 2.27. The number of fused-ring (bicyclic) bond motifs is 1. The summed E-state index contributed by atoms with van der Waals surface area (Å²) in [6.45, 7) is 0. The Labute approximate surface area is 153 Å². The van der Waals surface area contributed by atoms with Gasteiger partial charge in [0.05, 0.1) is 5.56 Å². The molecule has 6 heteroatoms. The normalized spacial score (nSPS) is 12.2. The predicted octanol–water partition coefficient (Wildman–Crippen LogP) is 4.29. The Hall–Kier alpha value is -2.99. The number of carbonyl (C=O) groups excluding carboxylic acids is 1. The molecule has 26 heavy (non-hydrogen) atoms. The molecular weight excluding hydrogens is 349 g/mol. The van der Waals surface area contributed by atoms with E-state index in [1.807, 2.05) is 47.5 Å². The van der Waals surface area contributed by atoms with E-state index in [9.17, 15) is 9.18 Å². The van der Waals surface area contributed by atoms with Crippen molar-refractivity contribution in [2.45, 2.75) is 6.04 Å². The smallest absolute Gasteiger partial charge is 0.253 e. The van der Waals surface area contributed by atoms with Crippen molar-refractivity contribution in [1.29, 1.82) is 0 Å². The number of thiophene rings is 1. The summed E-state index contributed by atoms with van der Waals surface area (Å²) in [5.41, 5.74) is 1.40. The lowest BCUT2D eigenvalue weighted by molar-refractivity contribution is 0.0943. The summed E-state index contributed by atoms with van der Waals surface area (Å²) in [6, 6.07) is 13.4. The maximum absolute atomic E-state index is 13.3. The molecule has 1 N–H and O–H groups in total. The van der Waals surface area contributed by atoms with Crippen LogP contribution < -0.4 is 5.32 Å². The van der Waals surface area contributed by atoms with E-state index >= 15 is 0 Å². The van der Waals surface area contributed by atoms with Crippen molar-refractivity contribution in [2.75, 3.05) is 0 Å². The standard InChI is InChI=1S/C20H16FN3OS/c1-24-11-10-22-19(24)18(13-6-8-14(21)9-7-13)23-20(25)16-12-26-17-5-3-2-4-15(16)17/h2-12,18H,1H3,(H,23,25). The maximum Gasteiger partial charge on any atom is 0.253 e. The topological polar surface area (TPSA) is 46.9 Å². The van der Waals surface area contributed by atoms with Crippen molar-refractivity contribution in [3.8, 4) is 0 Å². The Morgan fingerprint density at radius 2 is 1.96 bits per heavy atom. The molecule has 130 valence electrons. The van der Waals surface area contributed by atoms with Crippen molar-refractivity contribution in [1.82, 2.24) is 14.9 Å². The fraction of sp³-hybridized carbons (Fsp3) is 0.100. The molecule has 0 aliphatic heterocycles. The van der Waals surface area contributed by atoms with Gasteiger partial charge < -0.3 is 9.88 Å². The second-order valence-electron chi connectivity index (χ2n) is 6.00. The largest absolute Gasteiger partial charge is 0.338 e. The number of amides is 1. The second-order valence-corrected chi connectivity index (χ2v) is 6.91. The summed E-state index contributed by atoms with van der Waals surface area (Å²) in [5, 5.41) is 5.84. The molecule has 0 radical (unpaired) electrons. The number of carbonyl (C=O) groups is 1. The number of aryl methyl sites for hydroxylation is 1. The molecule has 0 bridgehead atoms. The van der Waals surface area contributed by atoms with Crippen LogP contribution in [0.25, 0.3) is 10.1 Å². The molecule has 4 rings (SSSR count). The molecule has 2 aromatic carbocycles. The first-order valence-electron chi connectivity index (χ1n) is 8.13. The lowest BCUT2D eigenvalue weighted by Gasteiger charge is -2.19. The summed E-state index contributed by atoms with van der Waals surface area (Å²) in [6.07, 6.45) is 3.50. The monoisotopic (exact) mass is 365 g/mol. The number of nitrogens with zero attached hydrogens (tertiary/aromatic N) is 2. The van der Waals surface area contributed by atoms with Crippen molar-refractivity contribution in [3.63, 3.8) is 0 Å². The third-order valence-corrected chi connectivity index (χ3v) is 5.28. The number of nitrogens with one attached hydrogen (secondary N) is 1. The molecule has 0 spiro atoms. The van der Waals surface area contributed by atoms with Gasteiger partial charge in [0.1, 0.15) is 17.7 Å². The average Bonchev–Trinajstić information content (AvgIpc) is 3.26. The van der Waals surface area contributed by atoms with Gasteiger partial charge in [0.15, 0.2) is 0 Å². The Balaban J connectivity index is 1.72. The van der Waals surface area contributed by atoms with E-state index in [-0.39, 0.29) is 11.7 Å². The Bertz CT molecular complexity index is 1070. The van der Waals surface area contributed by atoms with Crippen molar-refractivity contribution >= 4 is 27.3 Å². The first-order chi connectivity index (χ1) is 12.6. The summed E-state index contributed by atoms with van der Waals surface area (Å²) >= 11 is 1.54. The van der Waals surface area contributed by atoms with E-state index in [1.165, 1.54) is 23.5 Å². The van der Waals surface area contributed by atoms with Crippen molar-refractivity contribution < 1.29 is 9.18 Å². The van der Waals surface area contributed by atoms with Crippen LogP contribution in [-0.2, 0) is 7.05 Å². The van der Waals surface area contributed by atoms with Gasteiger partial charge in [-0.05, 0) is 23.8 Å². The molecule has 0 saturated heterocycles.